The monoisotopic (exact) mass is 248 g/mol. The van der Waals surface area contributed by atoms with E-state index in [1.54, 1.807) is 10.9 Å². The second kappa shape index (κ2) is 4.59. The minimum Gasteiger partial charge on any atom is -0.321 e. The molecule has 19 heavy (non-hydrogen) atoms. The Bertz CT molecular complexity index is 700. The molecule has 0 radical (unpaired) electrons. The lowest BCUT2D eigenvalue weighted by Crippen LogP contribution is -2.07. The summed E-state index contributed by atoms with van der Waals surface area (Å²) < 4.78 is 1.80. The molecular weight excluding hydrogens is 236 g/mol. The first-order valence-corrected chi connectivity index (χ1v) is 6.26. The average Bonchev–Trinajstić information content (AvgIpc) is 3.03. The van der Waals surface area contributed by atoms with Gasteiger partial charge in [0.2, 0.25) is 0 Å². The van der Waals surface area contributed by atoms with Crippen molar-refractivity contribution >= 4 is 0 Å². The molecule has 0 amide bonds. The van der Waals surface area contributed by atoms with Gasteiger partial charge in [-0.25, -0.2) is 4.98 Å². The molecular formula is C15H12N4. The number of fused-ring (bicyclic) bond motifs is 1. The van der Waals surface area contributed by atoms with E-state index in [0.29, 0.717) is 18.2 Å². The van der Waals surface area contributed by atoms with Crippen LogP contribution < -0.4 is 0 Å². The number of imidazole rings is 1. The molecule has 0 saturated carbocycles. The van der Waals surface area contributed by atoms with Crippen LogP contribution in [0.5, 0.6) is 0 Å². The van der Waals surface area contributed by atoms with Crippen molar-refractivity contribution in [3.8, 4) is 12.1 Å². The lowest BCUT2D eigenvalue weighted by molar-refractivity contribution is 0.552. The van der Waals surface area contributed by atoms with E-state index in [0.717, 1.165) is 12.8 Å². The standard InChI is InChI=1S/C15H12N4/c16-7-14-15(8-17)19(10-18-14)9-12-6-5-11-3-1-2-4-13(11)12/h1-4,10,12H,5-6,9H2/t12-/m0/s1. The molecule has 92 valence electrons. The second-order valence-electron chi connectivity index (χ2n) is 4.75. The third kappa shape index (κ3) is 1.88. The van der Waals surface area contributed by atoms with Crippen LogP contribution in [0, 0.1) is 22.7 Å². The van der Waals surface area contributed by atoms with Crippen molar-refractivity contribution in [2.75, 3.05) is 0 Å². The molecule has 0 fully saturated rings. The van der Waals surface area contributed by atoms with E-state index in [2.05, 4.69) is 35.3 Å². The number of hydrogen-bond acceptors (Lipinski definition) is 3. The fourth-order valence-corrected chi connectivity index (χ4v) is 2.79. The highest BCUT2D eigenvalue weighted by molar-refractivity contribution is 5.38. The van der Waals surface area contributed by atoms with Crippen molar-refractivity contribution in [3.63, 3.8) is 0 Å². The number of rotatable bonds is 2. The Morgan fingerprint density at radius 3 is 2.89 bits per heavy atom. The van der Waals surface area contributed by atoms with Crippen LogP contribution >= 0.6 is 0 Å². The van der Waals surface area contributed by atoms with Gasteiger partial charge in [-0.15, -0.1) is 0 Å². The second-order valence-corrected chi connectivity index (χ2v) is 4.75. The number of aryl methyl sites for hydroxylation is 1. The summed E-state index contributed by atoms with van der Waals surface area (Å²) in [6.45, 7) is 0.717. The number of nitriles is 2. The predicted molar refractivity (Wildman–Crippen MR) is 69.2 cm³/mol. The molecule has 3 rings (SSSR count). The third-order valence-electron chi connectivity index (χ3n) is 3.72. The first kappa shape index (κ1) is 11.5. The largest absolute Gasteiger partial charge is 0.321 e. The quantitative estimate of drug-likeness (QED) is 0.819. The molecule has 1 aliphatic rings. The van der Waals surface area contributed by atoms with Gasteiger partial charge in [-0.3, -0.25) is 0 Å². The molecule has 0 N–H and O–H groups in total. The lowest BCUT2D eigenvalue weighted by Gasteiger charge is -2.12. The summed E-state index contributed by atoms with van der Waals surface area (Å²) in [6, 6.07) is 12.5. The first-order chi connectivity index (χ1) is 9.33. The highest BCUT2D eigenvalue weighted by Gasteiger charge is 2.23. The molecule has 2 aromatic rings. The summed E-state index contributed by atoms with van der Waals surface area (Å²) in [6.07, 6.45) is 3.77. The van der Waals surface area contributed by atoms with Crippen LogP contribution in [0.4, 0.5) is 0 Å². The Balaban J connectivity index is 1.91. The smallest absolute Gasteiger partial charge is 0.176 e. The van der Waals surface area contributed by atoms with Gasteiger partial charge in [0.15, 0.2) is 11.4 Å². The molecule has 4 heteroatoms. The number of benzene rings is 1. The fraction of sp³-hybridized carbons (Fsp3) is 0.267. The van der Waals surface area contributed by atoms with Gasteiger partial charge in [0, 0.05) is 12.5 Å². The molecule has 0 aliphatic heterocycles. The number of aromatic nitrogens is 2. The molecule has 0 unspecified atom stereocenters. The van der Waals surface area contributed by atoms with E-state index in [-0.39, 0.29) is 5.69 Å². The van der Waals surface area contributed by atoms with Gasteiger partial charge in [-0.1, -0.05) is 24.3 Å². The van der Waals surface area contributed by atoms with Gasteiger partial charge in [0.25, 0.3) is 0 Å². The summed E-state index contributed by atoms with van der Waals surface area (Å²) in [7, 11) is 0. The fourth-order valence-electron chi connectivity index (χ4n) is 2.79. The van der Waals surface area contributed by atoms with Crippen LogP contribution in [0.2, 0.25) is 0 Å². The zero-order chi connectivity index (χ0) is 13.2. The Labute approximate surface area is 111 Å². The maximum atomic E-state index is 9.13. The zero-order valence-electron chi connectivity index (χ0n) is 10.4. The Morgan fingerprint density at radius 1 is 1.26 bits per heavy atom. The van der Waals surface area contributed by atoms with Crippen LogP contribution in [-0.2, 0) is 13.0 Å². The van der Waals surface area contributed by atoms with Crippen molar-refractivity contribution < 1.29 is 0 Å². The summed E-state index contributed by atoms with van der Waals surface area (Å²) >= 11 is 0. The maximum absolute atomic E-state index is 9.13. The van der Waals surface area contributed by atoms with Crippen LogP contribution in [0.1, 0.15) is 34.9 Å². The van der Waals surface area contributed by atoms with E-state index in [9.17, 15) is 0 Å². The van der Waals surface area contributed by atoms with Gasteiger partial charge >= 0.3 is 0 Å². The normalized spacial score (nSPS) is 16.6. The zero-order valence-corrected chi connectivity index (χ0v) is 10.4. The van der Waals surface area contributed by atoms with E-state index in [4.69, 9.17) is 10.5 Å². The molecule has 0 bridgehead atoms. The van der Waals surface area contributed by atoms with E-state index in [1.807, 2.05) is 6.07 Å². The summed E-state index contributed by atoms with van der Waals surface area (Å²) in [4.78, 5) is 3.98. The van der Waals surface area contributed by atoms with Crippen LogP contribution in [0.25, 0.3) is 0 Å². The van der Waals surface area contributed by atoms with Crippen molar-refractivity contribution in [1.82, 2.24) is 9.55 Å². The Kier molecular flexibility index (Phi) is 2.78. The SMILES string of the molecule is N#Cc1ncn(C[C@@H]2CCc3ccccc32)c1C#N. The molecule has 1 heterocycles. The number of nitrogens with zero attached hydrogens (tertiary/aromatic N) is 4. The van der Waals surface area contributed by atoms with Crippen LogP contribution in [0.3, 0.4) is 0 Å². The molecule has 4 nitrogen and oxygen atoms in total. The van der Waals surface area contributed by atoms with Crippen LogP contribution in [0.15, 0.2) is 30.6 Å². The van der Waals surface area contributed by atoms with Crippen LogP contribution in [-0.4, -0.2) is 9.55 Å². The first-order valence-electron chi connectivity index (χ1n) is 6.26. The van der Waals surface area contributed by atoms with Gasteiger partial charge < -0.3 is 4.57 Å². The topological polar surface area (TPSA) is 65.4 Å². The van der Waals surface area contributed by atoms with Crippen molar-refractivity contribution in [2.45, 2.75) is 25.3 Å². The molecule has 1 aliphatic carbocycles. The van der Waals surface area contributed by atoms with E-state index in [1.165, 1.54) is 11.1 Å². The van der Waals surface area contributed by atoms with Crippen molar-refractivity contribution in [1.29, 1.82) is 10.5 Å². The Morgan fingerprint density at radius 2 is 2.11 bits per heavy atom. The van der Waals surface area contributed by atoms with Crippen molar-refractivity contribution in [2.24, 2.45) is 0 Å². The molecule has 0 spiro atoms. The summed E-state index contributed by atoms with van der Waals surface area (Å²) in [5.74, 6) is 0.407. The van der Waals surface area contributed by atoms with Gasteiger partial charge in [0.05, 0.1) is 6.33 Å². The molecule has 1 aromatic carbocycles. The minimum atomic E-state index is 0.216. The predicted octanol–water partition coefficient (Wildman–Crippen LogP) is 2.36. The van der Waals surface area contributed by atoms with E-state index >= 15 is 0 Å². The highest BCUT2D eigenvalue weighted by atomic mass is 15.1. The lowest BCUT2D eigenvalue weighted by atomic mass is 10.0. The summed E-state index contributed by atoms with van der Waals surface area (Å²) in [5, 5.41) is 18.0. The van der Waals surface area contributed by atoms with Gasteiger partial charge in [0.1, 0.15) is 12.1 Å². The Hall–Kier alpha value is -2.59. The van der Waals surface area contributed by atoms with Gasteiger partial charge in [-0.2, -0.15) is 10.5 Å². The highest BCUT2D eigenvalue weighted by Crippen LogP contribution is 2.34. The molecule has 1 aromatic heterocycles. The summed E-state index contributed by atoms with van der Waals surface area (Å²) in [5.41, 5.74) is 3.34. The van der Waals surface area contributed by atoms with E-state index < -0.39 is 0 Å². The molecule has 1 atom stereocenters. The maximum Gasteiger partial charge on any atom is 0.176 e. The number of hydrogen-bond donors (Lipinski definition) is 0. The van der Waals surface area contributed by atoms with Crippen molar-refractivity contribution in [3.05, 3.63) is 53.1 Å². The minimum absolute atomic E-state index is 0.216. The average molecular weight is 248 g/mol. The van der Waals surface area contributed by atoms with Gasteiger partial charge in [-0.05, 0) is 24.0 Å². The third-order valence-corrected chi connectivity index (χ3v) is 3.72. The molecule has 0 saturated heterocycles.